The lowest BCUT2D eigenvalue weighted by molar-refractivity contribution is -0.148. The molecular formula is C13H23NO3. The van der Waals surface area contributed by atoms with E-state index in [4.69, 9.17) is 5.11 Å². The van der Waals surface area contributed by atoms with Crippen molar-refractivity contribution in [3.8, 4) is 0 Å². The number of carbonyl (C=O) groups excluding carboxylic acids is 1. The van der Waals surface area contributed by atoms with Gasteiger partial charge in [-0.1, -0.05) is 19.8 Å². The first-order chi connectivity index (χ1) is 7.91. The van der Waals surface area contributed by atoms with Gasteiger partial charge in [0, 0.05) is 13.5 Å². The van der Waals surface area contributed by atoms with Crippen molar-refractivity contribution in [1.82, 2.24) is 4.90 Å². The molecule has 0 heterocycles. The molecular weight excluding hydrogens is 218 g/mol. The molecule has 3 atom stereocenters. The topological polar surface area (TPSA) is 57.6 Å². The van der Waals surface area contributed by atoms with Gasteiger partial charge in [0.15, 0.2) is 0 Å². The third-order valence-electron chi connectivity index (χ3n) is 3.84. The van der Waals surface area contributed by atoms with E-state index in [1.807, 2.05) is 0 Å². The second kappa shape index (κ2) is 6.03. The SMILES string of the molecule is CC1CCCC(CC(=O)N(C)C(C)C(=O)O)C1. The lowest BCUT2D eigenvalue weighted by Crippen LogP contribution is -2.41. The van der Waals surface area contributed by atoms with Crippen LogP contribution < -0.4 is 0 Å². The third kappa shape index (κ3) is 4.02. The summed E-state index contributed by atoms with van der Waals surface area (Å²) in [5.74, 6) is 0.148. The number of carboxylic acid groups (broad SMARTS) is 1. The zero-order valence-electron chi connectivity index (χ0n) is 11.0. The molecule has 1 saturated carbocycles. The van der Waals surface area contributed by atoms with E-state index < -0.39 is 12.0 Å². The van der Waals surface area contributed by atoms with E-state index in [0.717, 1.165) is 12.8 Å². The summed E-state index contributed by atoms with van der Waals surface area (Å²) in [5, 5.41) is 8.86. The van der Waals surface area contributed by atoms with Crippen molar-refractivity contribution < 1.29 is 14.7 Å². The van der Waals surface area contributed by atoms with Crippen molar-refractivity contribution in [3.63, 3.8) is 0 Å². The molecule has 0 aliphatic heterocycles. The van der Waals surface area contributed by atoms with Crippen molar-refractivity contribution in [2.75, 3.05) is 7.05 Å². The molecule has 0 aromatic carbocycles. The first-order valence-corrected chi connectivity index (χ1v) is 6.40. The van der Waals surface area contributed by atoms with E-state index in [-0.39, 0.29) is 5.91 Å². The van der Waals surface area contributed by atoms with Gasteiger partial charge in [0.25, 0.3) is 0 Å². The molecule has 1 fully saturated rings. The Kier molecular flexibility index (Phi) is 4.97. The standard InChI is InChI=1S/C13H23NO3/c1-9-5-4-6-11(7-9)8-12(15)14(3)10(2)13(16)17/h9-11H,4-8H2,1-3H3,(H,16,17). The first kappa shape index (κ1) is 14.0. The average Bonchev–Trinajstić information content (AvgIpc) is 2.26. The van der Waals surface area contributed by atoms with Gasteiger partial charge in [0.05, 0.1) is 0 Å². The molecule has 0 aromatic heterocycles. The highest BCUT2D eigenvalue weighted by Crippen LogP contribution is 2.31. The van der Waals surface area contributed by atoms with Gasteiger partial charge in [-0.15, -0.1) is 0 Å². The van der Waals surface area contributed by atoms with Gasteiger partial charge < -0.3 is 10.0 Å². The highest BCUT2D eigenvalue weighted by Gasteiger charge is 2.26. The maximum Gasteiger partial charge on any atom is 0.326 e. The molecule has 0 spiro atoms. The van der Waals surface area contributed by atoms with Crippen LogP contribution in [0.15, 0.2) is 0 Å². The third-order valence-corrected chi connectivity index (χ3v) is 3.84. The number of hydrogen-bond acceptors (Lipinski definition) is 2. The fourth-order valence-corrected chi connectivity index (χ4v) is 2.52. The Balaban J connectivity index is 2.45. The minimum atomic E-state index is -0.946. The molecule has 1 aliphatic carbocycles. The fraction of sp³-hybridized carbons (Fsp3) is 0.846. The zero-order chi connectivity index (χ0) is 13.0. The van der Waals surface area contributed by atoms with E-state index in [1.165, 1.54) is 17.7 Å². The minimum Gasteiger partial charge on any atom is -0.480 e. The molecule has 1 aliphatic rings. The number of amides is 1. The summed E-state index contributed by atoms with van der Waals surface area (Å²) in [4.78, 5) is 24.1. The van der Waals surface area contributed by atoms with E-state index in [1.54, 1.807) is 14.0 Å². The summed E-state index contributed by atoms with van der Waals surface area (Å²) in [6.07, 6.45) is 5.15. The molecule has 1 N–H and O–H groups in total. The first-order valence-electron chi connectivity index (χ1n) is 6.40. The largest absolute Gasteiger partial charge is 0.480 e. The van der Waals surface area contributed by atoms with Crippen molar-refractivity contribution >= 4 is 11.9 Å². The van der Waals surface area contributed by atoms with Gasteiger partial charge >= 0.3 is 5.97 Å². The Hall–Kier alpha value is -1.06. The molecule has 0 saturated heterocycles. The number of aliphatic carboxylic acids is 1. The van der Waals surface area contributed by atoms with Crippen LogP contribution in [0.1, 0.15) is 46.0 Å². The maximum absolute atomic E-state index is 11.9. The van der Waals surface area contributed by atoms with Crippen molar-refractivity contribution in [2.24, 2.45) is 11.8 Å². The normalized spacial score (nSPS) is 26.3. The van der Waals surface area contributed by atoms with E-state index >= 15 is 0 Å². The van der Waals surface area contributed by atoms with Crippen LogP contribution in [0, 0.1) is 11.8 Å². The van der Waals surface area contributed by atoms with Crippen LogP contribution in [-0.2, 0) is 9.59 Å². The quantitative estimate of drug-likeness (QED) is 0.820. The zero-order valence-corrected chi connectivity index (χ0v) is 11.0. The van der Waals surface area contributed by atoms with Gasteiger partial charge in [0.1, 0.15) is 6.04 Å². The van der Waals surface area contributed by atoms with Crippen molar-refractivity contribution in [2.45, 2.75) is 52.0 Å². The monoisotopic (exact) mass is 241 g/mol. The minimum absolute atomic E-state index is 0.0426. The lowest BCUT2D eigenvalue weighted by atomic mass is 9.80. The Morgan fingerprint density at radius 3 is 2.59 bits per heavy atom. The maximum atomic E-state index is 11.9. The van der Waals surface area contributed by atoms with E-state index in [9.17, 15) is 9.59 Å². The average molecular weight is 241 g/mol. The van der Waals surface area contributed by atoms with Crippen LogP contribution in [0.25, 0.3) is 0 Å². The molecule has 0 aromatic rings. The molecule has 0 radical (unpaired) electrons. The number of hydrogen-bond donors (Lipinski definition) is 1. The number of carbonyl (C=O) groups is 2. The second-order valence-corrected chi connectivity index (χ2v) is 5.36. The van der Waals surface area contributed by atoms with Crippen LogP contribution >= 0.6 is 0 Å². The molecule has 0 bridgehead atoms. The highest BCUT2D eigenvalue weighted by atomic mass is 16.4. The molecule has 3 unspecified atom stereocenters. The van der Waals surface area contributed by atoms with Crippen LogP contribution in [0.4, 0.5) is 0 Å². The van der Waals surface area contributed by atoms with Gasteiger partial charge in [-0.05, 0) is 31.6 Å². The predicted octanol–water partition coefficient (Wildman–Crippen LogP) is 2.13. The summed E-state index contributed by atoms with van der Waals surface area (Å²) in [5.41, 5.74) is 0. The highest BCUT2D eigenvalue weighted by molar-refractivity contribution is 5.83. The van der Waals surface area contributed by atoms with Crippen molar-refractivity contribution in [1.29, 1.82) is 0 Å². The van der Waals surface area contributed by atoms with E-state index in [2.05, 4.69) is 6.92 Å². The number of likely N-dealkylation sites (N-methyl/N-ethyl adjacent to an activating group) is 1. The summed E-state index contributed by atoms with van der Waals surface area (Å²) >= 11 is 0. The van der Waals surface area contributed by atoms with Crippen LogP contribution in [0.5, 0.6) is 0 Å². The van der Waals surface area contributed by atoms with Gasteiger partial charge in [-0.3, -0.25) is 4.79 Å². The van der Waals surface area contributed by atoms with Crippen molar-refractivity contribution in [3.05, 3.63) is 0 Å². The number of rotatable bonds is 4. The molecule has 4 nitrogen and oxygen atoms in total. The molecule has 1 amide bonds. The summed E-state index contributed by atoms with van der Waals surface area (Å²) in [7, 11) is 1.58. The summed E-state index contributed by atoms with van der Waals surface area (Å²) < 4.78 is 0. The van der Waals surface area contributed by atoms with Crippen LogP contribution in [-0.4, -0.2) is 35.0 Å². The smallest absolute Gasteiger partial charge is 0.326 e. The van der Waals surface area contributed by atoms with Gasteiger partial charge in [-0.25, -0.2) is 4.79 Å². The number of nitrogens with zero attached hydrogens (tertiary/aromatic N) is 1. The molecule has 17 heavy (non-hydrogen) atoms. The second-order valence-electron chi connectivity index (χ2n) is 5.36. The Morgan fingerprint density at radius 1 is 1.41 bits per heavy atom. The molecule has 98 valence electrons. The lowest BCUT2D eigenvalue weighted by Gasteiger charge is -2.29. The van der Waals surface area contributed by atoms with E-state index in [0.29, 0.717) is 18.3 Å². The van der Waals surface area contributed by atoms with Crippen LogP contribution in [0.3, 0.4) is 0 Å². The molecule has 1 rings (SSSR count). The number of carboxylic acids is 1. The van der Waals surface area contributed by atoms with Crippen LogP contribution in [0.2, 0.25) is 0 Å². The van der Waals surface area contributed by atoms with Gasteiger partial charge in [0.2, 0.25) is 5.91 Å². The summed E-state index contributed by atoms with van der Waals surface area (Å²) in [6, 6.07) is -0.733. The molecule has 4 heteroatoms. The fourth-order valence-electron chi connectivity index (χ4n) is 2.52. The Labute approximate surface area is 103 Å². The van der Waals surface area contributed by atoms with Gasteiger partial charge in [-0.2, -0.15) is 0 Å². The Morgan fingerprint density at radius 2 is 2.06 bits per heavy atom. The Bertz CT molecular complexity index is 290. The predicted molar refractivity (Wildman–Crippen MR) is 65.6 cm³/mol. The summed E-state index contributed by atoms with van der Waals surface area (Å²) in [6.45, 7) is 3.77.